The number of aliphatic hydroxyl groups excluding tert-OH is 1. The third-order valence-corrected chi connectivity index (χ3v) is 4.79. The molecule has 1 amide bonds. The monoisotopic (exact) mass is 320 g/mol. The van der Waals surface area contributed by atoms with Gasteiger partial charge in [0.1, 0.15) is 0 Å². The number of hydrogen-bond acceptors (Lipinski definition) is 5. The summed E-state index contributed by atoms with van der Waals surface area (Å²) in [5.41, 5.74) is 0.718. The van der Waals surface area contributed by atoms with E-state index in [0.29, 0.717) is 6.54 Å². The van der Waals surface area contributed by atoms with Gasteiger partial charge in [0.05, 0.1) is 17.7 Å². The number of nitrogens with zero attached hydrogens (tertiary/aromatic N) is 4. The van der Waals surface area contributed by atoms with Gasteiger partial charge in [0, 0.05) is 39.2 Å². The third kappa shape index (κ3) is 4.72. The van der Waals surface area contributed by atoms with Crippen LogP contribution in [-0.4, -0.2) is 71.1 Å². The topological polar surface area (TPSA) is 69.6 Å². The second kappa shape index (κ2) is 8.36. The molecule has 128 valence electrons. The van der Waals surface area contributed by atoms with Gasteiger partial charge in [-0.1, -0.05) is 0 Å². The van der Waals surface area contributed by atoms with Crippen molar-refractivity contribution < 1.29 is 9.90 Å². The Kier molecular flexibility index (Phi) is 6.47. The Balaban J connectivity index is 1.96. The standard InChI is InChI=1S/C17H28N4O2/c1-20(2)16(23)17(6-10-21(11-7-17)12-13-22)5-3-4-15-14-18-8-9-19-15/h8-9,14,22H,3-7,10-13H2,1-2H3. The van der Waals surface area contributed by atoms with Gasteiger partial charge in [0.15, 0.2) is 0 Å². The maximum atomic E-state index is 12.8. The van der Waals surface area contributed by atoms with Crippen molar-refractivity contribution in [3.8, 4) is 0 Å². The van der Waals surface area contributed by atoms with E-state index in [2.05, 4.69) is 14.9 Å². The molecule has 1 aromatic heterocycles. The summed E-state index contributed by atoms with van der Waals surface area (Å²) >= 11 is 0. The summed E-state index contributed by atoms with van der Waals surface area (Å²) in [7, 11) is 3.68. The highest BCUT2D eigenvalue weighted by atomic mass is 16.3. The van der Waals surface area contributed by atoms with Crippen LogP contribution in [-0.2, 0) is 11.2 Å². The smallest absolute Gasteiger partial charge is 0.228 e. The molecule has 6 nitrogen and oxygen atoms in total. The predicted molar refractivity (Wildman–Crippen MR) is 88.9 cm³/mol. The third-order valence-electron chi connectivity index (χ3n) is 4.79. The Morgan fingerprint density at radius 1 is 1.35 bits per heavy atom. The zero-order chi connectivity index (χ0) is 16.7. The Hall–Kier alpha value is -1.53. The first kappa shape index (κ1) is 17.8. The van der Waals surface area contributed by atoms with Gasteiger partial charge < -0.3 is 14.9 Å². The summed E-state index contributed by atoms with van der Waals surface area (Å²) in [6.45, 7) is 2.64. The highest BCUT2D eigenvalue weighted by Gasteiger charge is 2.41. The van der Waals surface area contributed by atoms with Gasteiger partial charge in [-0.25, -0.2) is 0 Å². The van der Waals surface area contributed by atoms with Crippen molar-refractivity contribution in [3.05, 3.63) is 24.3 Å². The molecule has 0 aromatic carbocycles. The van der Waals surface area contributed by atoms with Gasteiger partial charge in [-0.15, -0.1) is 0 Å². The molecule has 0 unspecified atom stereocenters. The minimum absolute atomic E-state index is 0.182. The van der Waals surface area contributed by atoms with Crippen LogP contribution in [0.3, 0.4) is 0 Å². The molecule has 23 heavy (non-hydrogen) atoms. The van der Waals surface area contributed by atoms with Crippen LogP contribution >= 0.6 is 0 Å². The molecule has 2 heterocycles. The Morgan fingerprint density at radius 3 is 2.65 bits per heavy atom. The van der Waals surface area contributed by atoms with Crippen molar-refractivity contribution in [1.29, 1.82) is 0 Å². The summed E-state index contributed by atoms with van der Waals surface area (Å²) in [6.07, 6.45) is 9.60. The van der Waals surface area contributed by atoms with Crippen LogP contribution in [0.4, 0.5) is 0 Å². The molecule has 1 N–H and O–H groups in total. The number of carbonyl (C=O) groups is 1. The van der Waals surface area contributed by atoms with Crippen molar-refractivity contribution in [2.75, 3.05) is 40.3 Å². The van der Waals surface area contributed by atoms with Gasteiger partial charge in [-0.3, -0.25) is 14.8 Å². The number of hydrogen-bond donors (Lipinski definition) is 1. The molecular formula is C17H28N4O2. The first-order chi connectivity index (χ1) is 11.1. The molecule has 1 aliphatic heterocycles. The van der Waals surface area contributed by atoms with E-state index < -0.39 is 0 Å². The van der Waals surface area contributed by atoms with Crippen molar-refractivity contribution >= 4 is 5.91 Å². The fourth-order valence-electron chi connectivity index (χ4n) is 3.46. The Labute approximate surface area is 138 Å². The van der Waals surface area contributed by atoms with Gasteiger partial charge >= 0.3 is 0 Å². The maximum absolute atomic E-state index is 12.8. The van der Waals surface area contributed by atoms with E-state index in [9.17, 15) is 4.79 Å². The van der Waals surface area contributed by atoms with E-state index in [1.807, 2.05) is 14.1 Å². The highest BCUT2D eigenvalue weighted by molar-refractivity contribution is 5.82. The molecule has 0 aliphatic carbocycles. The zero-order valence-corrected chi connectivity index (χ0v) is 14.2. The molecule has 1 aliphatic rings. The van der Waals surface area contributed by atoms with E-state index in [-0.39, 0.29) is 17.9 Å². The van der Waals surface area contributed by atoms with E-state index >= 15 is 0 Å². The molecule has 2 rings (SSSR count). The van der Waals surface area contributed by atoms with Gasteiger partial charge in [-0.2, -0.15) is 0 Å². The average Bonchev–Trinajstić information content (AvgIpc) is 2.57. The molecule has 6 heteroatoms. The van der Waals surface area contributed by atoms with Crippen LogP contribution in [0.15, 0.2) is 18.6 Å². The van der Waals surface area contributed by atoms with Crippen molar-refractivity contribution in [2.45, 2.75) is 32.1 Å². The van der Waals surface area contributed by atoms with Gasteiger partial charge in [-0.05, 0) is 45.2 Å². The lowest BCUT2D eigenvalue weighted by Gasteiger charge is -2.42. The summed E-state index contributed by atoms with van der Waals surface area (Å²) in [5, 5.41) is 9.08. The lowest BCUT2D eigenvalue weighted by atomic mass is 9.73. The molecular weight excluding hydrogens is 292 g/mol. The van der Waals surface area contributed by atoms with Crippen molar-refractivity contribution in [3.63, 3.8) is 0 Å². The number of likely N-dealkylation sites (tertiary alicyclic amines) is 1. The lowest BCUT2D eigenvalue weighted by molar-refractivity contribution is -0.143. The SMILES string of the molecule is CN(C)C(=O)C1(CCCc2cnccn2)CCN(CCO)CC1. The molecule has 0 saturated carbocycles. The average molecular weight is 320 g/mol. The number of aromatic nitrogens is 2. The number of amides is 1. The van der Waals surface area contributed by atoms with E-state index in [4.69, 9.17) is 5.11 Å². The maximum Gasteiger partial charge on any atom is 0.228 e. The quantitative estimate of drug-likeness (QED) is 0.810. The number of rotatable bonds is 7. The predicted octanol–water partition coefficient (Wildman–Crippen LogP) is 0.962. The largest absolute Gasteiger partial charge is 0.395 e. The second-order valence-corrected chi connectivity index (χ2v) is 6.60. The van der Waals surface area contributed by atoms with Crippen LogP contribution in [0.25, 0.3) is 0 Å². The number of aryl methyl sites for hydroxylation is 1. The molecule has 0 bridgehead atoms. The summed E-state index contributed by atoms with van der Waals surface area (Å²) in [5.74, 6) is 0.236. The van der Waals surface area contributed by atoms with Crippen LogP contribution in [0.5, 0.6) is 0 Å². The number of β-amino-alcohol motifs (C(OH)–C–C–N with tert-alkyl or cyclic N) is 1. The molecule has 1 saturated heterocycles. The molecule has 1 aromatic rings. The lowest BCUT2D eigenvalue weighted by Crippen LogP contribution is -2.49. The van der Waals surface area contributed by atoms with E-state index in [1.165, 1.54) is 0 Å². The highest BCUT2D eigenvalue weighted by Crippen LogP contribution is 2.38. The summed E-state index contributed by atoms with van der Waals surface area (Å²) in [6, 6.07) is 0. The van der Waals surface area contributed by atoms with Crippen LogP contribution in [0, 0.1) is 5.41 Å². The number of aliphatic hydroxyl groups is 1. The van der Waals surface area contributed by atoms with Gasteiger partial charge in [0.2, 0.25) is 5.91 Å². The van der Waals surface area contributed by atoms with E-state index in [1.54, 1.807) is 23.5 Å². The fraction of sp³-hybridized carbons (Fsp3) is 0.706. The molecule has 0 radical (unpaired) electrons. The van der Waals surface area contributed by atoms with Crippen LogP contribution in [0.2, 0.25) is 0 Å². The Bertz CT molecular complexity index is 485. The van der Waals surface area contributed by atoms with E-state index in [0.717, 1.165) is 50.9 Å². The first-order valence-electron chi connectivity index (χ1n) is 8.37. The minimum Gasteiger partial charge on any atom is -0.395 e. The number of piperidine rings is 1. The second-order valence-electron chi connectivity index (χ2n) is 6.60. The Morgan fingerprint density at radius 2 is 2.09 bits per heavy atom. The minimum atomic E-state index is -0.266. The van der Waals surface area contributed by atoms with Gasteiger partial charge in [0.25, 0.3) is 0 Å². The van der Waals surface area contributed by atoms with Crippen molar-refractivity contribution in [2.24, 2.45) is 5.41 Å². The normalized spacial score (nSPS) is 17.9. The van der Waals surface area contributed by atoms with Crippen LogP contribution < -0.4 is 0 Å². The zero-order valence-electron chi connectivity index (χ0n) is 14.2. The molecule has 1 fully saturated rings. The van der Waals surface area contributed by atoms with Crippen molar-refractivity contribution in [1.82, 2.24) is 19.8 Å². The van der Waals surface area contributed by atoms with Crippen LogP contribution in [0.1, 0.15) is 31.4 Å². The fourth-order valence-corrected chi connectivity index (χ4v) is 3.46. The molecule has 0 spiro atoms. The summed E-state index contributed by atoms with van der Waals surface area (Å²) < 4.78 is 0. The summed E-state index contributed by atoms with van der Waals surface area (Å²) in [4.78, 5) is 25.1. The molecule has 0 atom stereocenters. The first-order valence-corrected chi connectivity index (χ1v) is 8.37. The number of carbonyl (C=O) groups excluding carboxylic acids is 1.